The number of para-hydroxylation sites is 1. The van der Waals surface area contributed by atoms with E-state index >= 15 is 0 Å². The van der Waals surface area contributed by atoms with Gasteiger partial charge < -0.3 is 10.8 Å². The van der Waals surface area contributed by atoms with Gasteiger partial charge in [-0.1, -0.05) is 23.7 Å². The highest BCUT2D eigenvalue weighted by Crippen LogP contribution is 2.21. The molecule has 0 saturated heterocycles. The van der Waals surface area contributed by atoms with Crippen LogP contribution in [0.5, 0.6) is 0 Å². The van der Waals surface area contributed by atoms with E-state index in [0.29, 0.717) is 16.3 Å². The Morgan fingerprint density at radius 2 is 2.20 bits per heavy atom. The standard InChI is InChI=1S/C7H8ClNO/c8-6-3-1-2-5(4-10)7(6)9/h1-3,10H,4,9H2. The Bertz CT molecular complexity index is 237. The zero-order valence-corrected chi connectivity index (χ0v) is 6.10. The second-order valence-electron chi connectivity index (χ2n) is 1.97. The molecule has 0 aliphatic rings. The van der Waals surface area contributed by atoms with Crippen LogP contribution in [0.2, 0.25) is 5.02 Å². The van der Waals surface area contributed by atoms with Crippen LogP contribution in [0.1, 0.15) is 5.56 Å². The highest BCUT2D eigenvalue weighted by molar-refractivity contribution is 6.33. The average molecular weight is 158 g/mol. The van der Waals surface area contributed by atoms with Gasteiger partial charge in [0.1, 0.15) is 0 Å². The van der Waals surface area contributed by atoms with Crippen LogP contribution < -0.4 is 5.73 Å². The lowest BCUT2D eigenvalue weighted by molar-refractivity contribution is 0.282. The van der Waals surface area contributed by atoms with Crippen molar-refractivity contribution < 1.29 is 5.11 Å². The van der Waals surface area contributed by atoms with Crippen molar-refractivity contribution in [3.63, 3.8) is 0 Å². The van der Waals surface area contributed by atoms with Crippen molar-refractivity contribution in [3.8, 4) is 0 Å². The number of aliphatic hydroxyl groups is 1. The van der Waals surface area contributed by atoms with E-state index in [1.54, 1.807) is 18.2 Å². The monoisotopic (exact) mass is 157 g/mol. The maximum atomic E-state index is 8.70. The summed E-state index contributed by atoms with van der Waals surface area (Å²) in [6.07, 6.45) is 0. The Morgan fingerprint density at radius 1 is 1.50 bits per heavy atom. The smallest absolute Gasteiger partial charge is 0.0702 e. The number of rotatable bonds is 1. The van der Waals surface area contributed by atoms with Gasteiger partial charge in [0.2, 0.25) is 0 Å². The SMILES string of the molecule is Nc1c(Cl)cccc1CO. The van der Waals surface area contributed by atoms with E-state index in [2.05, 4.69) is 0 Å². The summed E-state index contributed by atoms with van der Waals surface area (Å²) in [6.45, 7) is -0.0631. The van der Waals surface area contributed by atoms with Crippen molar-refractivity contribution in [3.05, 3.63) is 28.8 Å². The van der Waals surface area contributed by atoms with E-state index in [4.69, 9.17) is 22.4 Å². The Kier molecular flexibility index (Phi) is 2.14. The zero-order valence-electron chi connectivity index (χ0n) is 5.34. The predicted molar refractivity (Wildman–Crippen MR) is 41.8 cm³/mol. The van der Waals surface area contributed by atoms with Gasteiger partial charge in [-0.05, 0) is 6.07 Å². The summed E-state index contributed by atoms with van der Waals surface area (Å²) in [6, 6.07) is 5.18. The Balaban J connectivity index is 3.14. The lowest BCUT2D eigenvalue weighted by atomic mass is 10.2. The van der Waals surface area contributed by atoms with E-state index in [9.17, 15) is 0 Å². The Labute approximate surface area is 64.2 Å². The molecule has 0 amide bonds. The third-order valence-corrected chi connectivity index (χ3v) is 1.64. The first-order valence-electron chi connectivity index (χ1n) is 2.89. The number of anilines is 1. The van der Waals surface area contributed by atoms with Crippen LogP contribution in [-0.2, 0) is 6.61 Å². The van der Waals surface area contributed by atoms with Crippen LogP contribution in [0.4, 0.5) is 5.69 Å². The lowest BCUT2D eigenvalue weighted by Gasteiger charge is -2.01. The quantitative estimate of drug-likeness (QED) is 0.606. The third-order valence-electron chi connectivity index (χ3n) is 1.31. The molecule has 0 fully saturated rings. The molecule has 10 heavy (non-hydrogen) atoms. The van der Waals surface area contributed by atoms with E-state index < -0.39 is 0 Å². The molecule has 1 aromatic carbocycles. The molecule has 0 aliphatic heterocycles. The molecule has 0 aromatic heterocycles. The maximum absolute atomic E-state index is 8.70. The highest BCUT2D eigenvalue weighted by atomic mass is 35.5. The van der Waals surface area contributed by atoms with Gasteiger partial charge in [0, 0.05) is 5.56 Å². The number of hydrogen-bond acceptors (Lipinski definition) is 2. The fourth-order valence-corrected chi connectivity index (χ4v) is 0.914. The molecule has 0 heterocycles. The number of nitrogens with two attached hydrogens (primary N) is 1. The van der Waals surface area contributed by atoms with Crippen LogP contribution in [-0.4, -0.2) is 5.11 Å². The number of hydrogen-bond donors (Lipinski definition) is 2. The van der Waals surface area contributed by atoms with Crippen LogP contribution in [0.15, 0.2) is 18.2 Å². The Hall–Kier alpha value is -0.730. The number of halogens is 1. The van der Waals surface area contributed by atoms with Crippen molar-refractivity contribution in [2.75, 3.05) is 5.73 Å². The van der Waals surface area contributed by atoms with Gasteiger partial charge >= 0.3 is 0 Å². The van der Waals surface area contributed by atoms with Gasteiger partial charge in [-0.15, -0.1) is 0 Å². The van der Waals surface area contributed by atoms with Gasteiger partial charge in [0.15, 0.2) is 0 Å². The summed E-state index contributed by atoms with van der Waals surface area (Å²) in [5, 5.41) is 9.20. The molecule has 1 aromatic rings. The van der Waals surface area contributed by atoms with E-state index in [-0.39, 0.29) is 6.61 Å². The summed E-state index contributed by atoms with van der Waals surface area (Å²) >= 11 is 5.66. The number of nitrogen functional groups attached to an aromatic ring is 1. The van der Waals surface area contributed by atoms with Crippen LogP contribution in [0.3, 0.4) is 0 Å². The highest BCUT2D eigenvalue weighted by Gasteiger charge is 1.99. The zero-order chi connectivity index (χ0) is 7.56. The number of benzene rings is 1. The predicted octanol–water partition coefficient (Wildman–Crippen LogP) is 1.41. The molecular formula is C7H8ClNO. The molecular weight excluding hydrogens is 150 g/mol. The third kappa shape index (κ3) is 1.23. The van der Waals surface area contributed by atoms with Crippen LogP contribution in [0, 0.1) is 0 Å². The summed E-state index contributed by atoms with van der Waals surface area (Å²) < 4.78 is 0. The molecule has 0 atom stereocenters. The minimum absolute atomic E-state index is 0.0631. The maximum Gasteiger partial charge on any atom is 0.0702 e. The summed E-state index contributed by atoms with van der Waals surface area (Å²) in [5.74, 6) is 0. The van der Waals surface area contributed by atoms with Gasteiger partial charge in [0.05, 0.1) is 17.3 Å². The summed E-state index contributed by atoms with van der Waals surface area (Å²) in [4.78, 5) is 0. The topological polar surface area (TPSA) is 46.2 Å². The molecule has 0 saturated carbocycles. The van der Waals surface area contributed by atoms with Crippen LogP contribution >= 0.6 is 11.6 Å². The first-order valence-corrected chi connectivity index (χ1v) is 3.27. The van der Waals surface area contributed by atoms with Crippen molar-refractivity contribution in [1.29, 1.82) is 0 Å². The van der Waals surface area contributed by atoms with Crippen molar-refractivity contribution in [1.82, 2.24) is 0 Å². The molecule has 54 valence electrons. The minimum atomic E-state index is -0.0631. The second-order valence-corrected chi connectivity index (χ2v) is 2.38. The number of aliphatic hydroxyl groups excluding tert-OH is 1. The molecule has 0 unspecified atom stereocenters. The van der Waals surface area contributed by atoms with Gasteiger partial charge in [0.25, 0.3) is 0 Å². The molecule has 0 spiro atoms. The first-order chi connectivity index (χ1) is 4.75. The van der Waals surface area contributed by atoms with E-state index in [0.717, 1.165) is 0 Å². The fourth-order valence-electron chi connectivity index (χ4n) is 0.720. The average Bonchev–Trinajstić information content (AvgIpc) is 1.95. The molecule has 3 N–H and O–H groups in total. The summed E-state index contributed by atoms with van der Waals surface area (Å²) in [5.41, 5.74) is 6.64. The minimum Gasteiger partial charge on any atom is -0.397 e. The molecule has 0 aliphatic carbocycles. The van der Waals surface area contributed by atoms with Crippen molar-refractivity contribution in [2.24, 2.45) is 0 Å². The first kappa shape index (κ1) is 7.38. The van der Waals surface area contributed by atoms with Crippen molar-refractivity contribution in [2.45, 2.75) is 6.61 Å². The molecule has 3 heteroatoms. The molecule has 0 bridgehead atoms. The van der Waals surface area contributed by atoms with Crippen LogP contribution in [0.25, 0.3) is 0 Å². The lowest BCUT2D eigenvalue weighted by Crippen LogP contribution is -1.93. The van der Waals surface area contributed by atoms with E-state index in [1.165, 1.54) is 0 Å². The molecule has 0 radical (unpaired) electrons. The van der Waals surface area contributed by atoms with Gasteiger partial charge in [-0.25, -0.2) is 0 Å². The van der Waals surface area contributed by atoms with Gasteiger partial charge in [-0.2, -0.15) is 0 Å². The normalized spacial score (nSPS) is 9.80. The molecule has 2 nitrogen and oxygen atoms in total. The van der Waals surface area contributed by atoms with Crippen molar-refractivity contribution >= 4 is 17.3 Å². The van der Waals surface area contributed by atoms with Gasteiger partial charge in [-0.3, -0.25) is 0 Å². The Morgan fingerprint density at radius 3 is 2.70 bits per heavy atom. The molecule has 1 rings (SSSR count). The largest absolute Gasteiger partial charge is 0.397 e. The second kappa shape index (κ2) is 2.90. The van der Waals surface area contributed by atoms with E-state index in [1.807, 2.05) is 0 Å². The summed E-state index contributed by atoms with van der Waals surface area (Å²) in [7, 11) is 0. The fraction of sp³-hybridized carbons (Fsp3) is 0.143.